The molecule has 0 aliphatic rings. The summed E-state index contributed by atoms with van der Waals surface area (Å²) in [5, 5.41) is 3.65. The maximum atomic E-state index is 3.70. The van der Waals surface area contributed by atoms with Crippen LogP contribution in [0.4, 0.5) is 0 Å². The molecule has 1 unspecified atom stereocenters. The van der Waals surface area contributed by atoms with Gasteiger partial charge < -0.3 is 5.32 Å². The third kappa shape index (κ3) is 5.51. The van der Waals surface area contributed by atoms with Gasteiger partial charge in [-0.15, -0.1) is 11.3 Å². The molecule has 4 heteroatoms. The van der Waals surface area contributed by atoms with Gasteiger partial charge in [0.2, 0.25) is 0 Å². The van der Waals surface area contributed by atoms with Gasteiger partial charge in [0.1, 0.15) is 0 Å². The van der Waals surface area contributed by atoms with E-state index in [9.17, 15) is 0 Å². The molecule has 21 heavy (non-hydrogen) atoms. The molecule has 1 aromatic heterocycles. The van der Waals surface area contributed by atoms with E-state index in [4.69, 9.17) is 0 Å². The average Bonchev–Trinajstić information content (AvgIpc) is 2.80. The summed E-state index contributed by atoms with van der Waals surface area (Å²) in [6.07, 6.45) is 1.06. The molecule has 2 rings (SSSR count). The number of rotatable bonds is 5. The molecular formula is C17H21Br2NS. The van der Waals surface area contributed by atoms with Crippen LogP contribution in [0.3, 0.4) is 0 Å². The lowest BCUT2D eigenvalue weighted by atomic mass is 9.94. The molecule has 1 nitrogen and oxygen atoms in total. The number of halogens is 2. The molecule has 0 spiro atoms. The first-order valence-electron chi connectivity index (χ1n) is 7.09. The molecule has 0 aliphatic heterocycles. The van der Waals surface area contributed by atoms with Crippen molar-refractivity contribution in [3.63, 3.8) is 0 Å². The molecule has 1 aromatic carbocycles. The van der Waals surface area contributed by atoms with Gasteiger partial charge in [-0.2, -0.15) is 0 Å². The summed E-state index contributed by atoms with van der Waals surface area (Å²) in [6, 6.07) is 12.9. The number of hydrogen-bond donors (Lipinski definition) is 1. The molecule has 1 atom stereocenters. The van der Waals surface area contributed by atoms with Gasteiger partial charge in [-0.05, 0) is 66.9 Å². The number of nitrogens with one attached hydrogen (secondary N) is 1. The minimum atomic E-state index is 0.134. The molecule has 0 amide bonds. The van der Waals surface area contributed by atoms with Crippen molar-refractivity contribution in [3.05, 3.63) is 55.1 Å². The summed E-state index contributed by atoms with van der Waals surface area (Å²) in [7, 11) is 0. The smallest absolute Gasteiger partial charge is 0.0701 e. The van der Waals surface area contributed by atoms with Crippen LogP contribution < -0.4 is 5.32 Å². The third-order valence-corrected chi connectivity index (χ3v) is 5.67. The first kappa shape index (κ1) is 17.2. The van der Waals surface area contributed by atoms with E-state index in [-0.39, 0.29) is 5.54 Å². The van der Waals surface area contributed by atoms with Crippen molar-refractivity contribution in [1.82, 2.24) is 5.32 Å². The van der Waals surface area contributed by atoms with Gasteiger partial charge in [-0.25, -0.2) is 0 Å². The Bertz CT molecular complexity index is 586. The second kappa shape index (κ2) is 7.40. The molecule has 114 valence electrons. The van der Waals surface area contributed by atoms with Crippen molar-refractivity contribution in [3.8, 4) is 0 Å². The quantitative estimate of drug-likeness (QED) is 0.614. The summed E-state index contributed by atoms with van der Waals surface area (Å²) in [5.41, 5.74) is 1.51. The molecule has 1 heterocycles. The van der Waals surface area contributed by atoms with E-state index >= 15 is 0 Å². The van der Waals surface area contributed by atoms with Gasteiger partial charge in [0, 0.05) is 27.4 Å². The Balaban J connectivity index is 2.19. The number of thiophene rings is 1. The molecule has 0 aliphatic carbocycles. The van der Waals surface area contributed by atoms with Gasteiger partial charge in [0.05, 0.1) is 3.79 Å². The molecular weight excluding hydrogens is 410 g/mol. The topological polar surface area (TPSA) is 12.0 Å². The predicted molar refractivity (Wildman–Crippen MR) is 100 cm³/mol. The fraction of sp³-hybridized carbons (Fsp3) is 0.412. The maximum Gasteiger partial charge on any atom is 0.0701 e. The summed E-state index contributed by atoms with van der Waals surface area (Å²) in [5.74, 6) is 0.463. The lowest BCUT2D eigenvalue weighted by Crippen LogP contribution is -2.39. The van der Waals surface area contributed by atoms with Crippen molar-refractivity contribution in [2.24, 2.45) is 0 Å². The Kier molecular flexibility index (Phi) is 6.06. The van der Waals surface area contributed by atoms with Crippen molar-refractivity contribution in [2.75, 3.05) is 6.54 Å². The van der Waals surface area contributed by atoms with Crippen LogP contribution in [-0.4, -0.2) is 12.1 Å². The Morgan fingerprint density at radius 3 is 2.38 bits per heavy atom. The second-order valence-electron chi connectivity index (χ2n) is 6.26. The Labute approximate surface area is 148 Å². The highest BCUT2D eigenvalue weighted by molar-refractivity contribution is 9.11. The highest BCUT2D eigenvalue weighted by Crippen LogP contribution is 2.31. The van der Waals surface area contributed by atoms with Crippen LogP contribution in [0.15, 0.2) is 44.7 Å². The monoisotopic (exact) mass is 429 g/mol. The summed E-state index contributed by atoms with van der Waals surface area (Å²) >= 11 is 9.08. The molecule has 0 saturated heterocycles. The van der Waals surface area contributed by atoms with Gasteiger partial charge in [0.15, 0.2) is 0 Å². The first-order valence-corrected chi connectivity index (χ1v) is 9.49. The fourth-order valence-electron chi connectivity index (χ4n) is 2.23. The standard InChI is InChI=1S/C17H21Br2NS/c1-17(2,3)20-11-12(10-13-8-9-16(19)21-13)14-6-4-5-7-15(14)18/h4-9,12,20H,10-11H2,1-3H3. The third-order valence-electron chi connectivity index (χ3n) is 3.30. The van der Waals surface area contributed by atoms with E-state index in [1.165, 1.54) is 18.7 Å². The summed E-state index contributed by atoms with van der Waals surface area (Å²) in [6.45, 7) is 7.62. The zero-order valence-corrected chi connectivity index (χ0v) is 16.6. The molecule has 2 aromatic rings. The van der Waals surface area contributed by atoms with Crippen molar-refractivity contribution < 1.29 is 0 Å². The average molecular weight is 431 g/mol. The molecule has 0 bridgehead atoms. The van der Waals surface area contributed by atoms with Crippen LogP contribution >= 0.6 is 43.2 Å². The van der Waals surface area contributed by atoms with Gasteiger partial charge >= 0.3 is 0 Å². The van der Waals surface area contributed by atoms with Crippen molar-refractivity contribution in [2.45, 2.75) is 38.6 Å². The van der Waals surface area contributed by atoms with E-state index < -0.39 is 0 Å². The molecule has 0 saturated carbocycles. The van der Waals surface area contributed by atoms with E-state index in [0.717, 1.165) is 13.0 Å². The zero-order valence-electron chi connectivity index (χ0n) is 12.6. The second-order valence-corrected chi connectivity index (χ2v) is 9.66. The Hall–Kier alpha value is -0.160. The Morgan fingerprint density at radius 2 is 1.81 bits per heavy atom. The van der Waals surface area contributed by atoms with Crippen LogP contribution in [0, 0.1) is 0 Å². The normalized spacial score (nSPS) is 13.4. The SMILES string of the molecule is CC(C)(C)NCC(Cc1ccc(Br)s1)c1ccccc1Br. The highest BCUT2D eigenvalue weighted by atomic mass is 79.9. The van der Waals surface area contributed by atoms with E-state index in [1.807, 2.05) is 11.3 Å². The van der Waals surface area contributed by atoms with Gasteiger partial charge in [-0.3, -0.25) is 0 Å². The lowest BCUT2D eigenvalue weighted by Gasteiger charge is -2.26. The van der Waals surface area contributed by atoms with E-state index in [1.54, 1.807) is 0 Å². The number of benzene rings is 1. The van der Waals surface area contributed by atoms with Crippen LogP contribution in [0.2, 0.25) is 0 Å². The number of hydrogen-bond acceptors (Lipinski definition) is 2. The van der Waals surface area contributed by atoms with Crippen LogP contribution in [0.5, 0.6) is 0 Å². The zero-order chi connectivity index (χ0) is 15.5. The summed E-state index contributed by atoms with van der Waals surface area (Å²) < 4.78 is 2.40. The largest absolute Gasteiger partial charge is 0.311 e. The van der Waals surface area contributed by atoms with Gasteiger partial charge in [-0.1, -0.05) is 34.1 Å². The minimum absolute atomic E-state index is 0.134. The predicted octanol–water partition coefficient (Wildman–Crippen LogP) is 5.99. The molecule has 0 fully saturated rings. The molecule has 1 N–H and O–H groups in total. The maximum absolute atomic E-state index is 3.70. The van der Waals surface area contributed by atoms with Crippen LogP contribution in [0.25, 0.3) is 0 Å². The fourth-order valence-corrected chi connectivity index (χ4v) is 4.40. The van der Waals surface area contributed by atoms with Crippen LogP contribution in [-0.2, 0) is 6.42 Å². The van der Waals surface area contributed by atoms with Gasteiger partial charge in [0.25, 0.3) is 0 Å². The van der Waals surface area contributed by atoms with E-state index in [2.05, 4.69) is 94.3 Å². The summed E-state index contributed by atoms with van der Waals surface area (Å²) in [4.78, 5) is 1.42. The van der Waals surface area contributed by atoms with Crippen molar-refractivity contribution in [1.29, 1.82) is 0 Å². The minimum Gasteiger partial charge on any atom is -0.311 e. The first-order chi connectivity index (χ1) is 9.85. The Morgan fingerprint density at radius 1 is 1.10 bits per heavy atom. The van der Waals surface area contributed by atoms with E-state index in [0.29, 0.717) is 5.92 Å². The highest BCUT2D eigenvalue weighted by Gasteiger charge is 2.19. The molecule has 0 radical (unpaired) electrons. The lowest BCUT2D eigenvalue weighted by molar-refractivity contribution is 0.405. The van der Waals surface area contributed by atoms with Crippen molar-refractivity contribution >= 4 is 43.2 Å². The van der Waals surface area contributed by atoms with Crippen LogP contribution in [0.1, 0.15) is 37.1 Å².